The molecule has 1 amide bonds. The van der Waals surface area contributed by atoms with Crippen LogP contribution in [0.25, 0.3) is 0 Å². The Hall–Kier alpha value is -2.22. The normalized spacial score (nSPS) is 12.2. The summed E-state index contributed by atoms with van der Waals surface area (Å²) in [6.45, 7) is 7.21. The van der Waals surface area contributed by atoms with Crippen LogP contribution in [0.15, 0.2) is 18.2 Å². The maximum absolute atomic E-state index is 11.8. The summed E-state index contributed by atoms with van der Waals surface area (Å²) in [5.41, 5.74) is 0.614. The lowest BCUT2D eigenvalue weighted by Crippen LogP contribution is -2.34. The van der Waals surface area contributed by atoms with Gasteiger partial charge in [0.15, 0.2) is 0 Å². The zero-order chi connectivity index (χ0) is 15.3. The molecule has 1 aromatic rings. The first-order chi connectivity index (χ1) is 9.28. The minimum atomic E-state index is -0.553. The number of methoxy groups -OCH3 is 1. The molecule has 1 atom stereocenters. The molecule has 0 heterocycles. The van der Waals surface area contributed by atoms with Crippen LogP contribution in [-0.4, -0.2) is 18.8 Å². The number of carbonyl (C=O) groups is 1. The third kappa shape index (κ3) is 4.16. The number of benzene rings is 1. The van der Waals surface area contributed by atoms with Gasteiger partial charge in [0, 0.05) is 5.56 Å². The van der Waals surface area contributed by atoms with Gasteiger partial charge in [0.2, 0.25) is 0 Å². The number of para-hydroxylation sites is 1. The first-order valence-corrected chi connectivity index (χ1v) is 6.35. The third-order valence-electron chi connectivity index (χ3n) is 2.57. The van der Waals surface area contributed by atoms with E-state index in [2.05, 4.69) is 11.4 Å². The molecule has 1 aromatic carbocycles. The lowest BCUT2D eigenvalue weighted by molar-refractivity contribution is 0.0507. The summed E-state index contributed by atoms with van der Waals surface area (Å²) in [5.74, 6) is 0.471. The number of hydrogen-bond acceptors (Lipinski definition) is 4. The van der Waals surface area contributed by atoms with Gasteiger partial charge >= 0.3 is 6.09 Å². The summed E-state index contributed by atoms with van der Waals surface area (Å²) in [6.07, 6.45) is -0.505. The van der Waals surface area contributed by atoms with Gasteiger partial charge in [-0.15, -0.1) is 0 Å². The van der Waals surface area contributed by atoms with Crippen molar-refractivity contribution in [3.8, 4) is 11.8 Å². The number of nitrogens with one attached hydrogen (secondary N) is 1. The van der Waals surface area contributed by atoms with Gasteiger partial charge in [-0.1, -0.05) is 12.1 Å². The largest absolute Gasteiger partial charge is 0.495 e. The van der Waals surface area contributed by atoms with Crippen molar-refractivity contribution in [1.82, 2.24) is 5.32 Å². The Kier molecular flexibility index (Phi) is 4.98. The predicted octanol–water partition coefficient (Wildman–Crippen LogP) is 3.15. The van der Waals surface area contributed by atoms with Gasteiger partial charge in [-0.25, -0.2) is 4.79 Å². The topological polar surface area (TPSA) is 71.3 Å². The molecule has 0 saturated heterocycles. The smallest absolute Gasteiger partial charge is 0.408 e. The molecule has 5 nitrogen and oxygen atoms in total. The molecule has 0 aliphatic heterocycles. The molecular formula is C15H20N2O3. The highest BCUT2D eigenvalue weighted by atomic mass is 16.6. The Morgan fingerprint density at radius 1 is 1.40 bits per heavy atom. The van der Waals surface area contributed by atoms with E-state index in [9.17, 15) is 4.79 Å². The zero-order valence-electron chi connectivity index (χ0n) is 12.5. The summed E-state index contributed by atoms with van der Waals surface area (Å²) in [6, 6.07) is 6.97. The lowest BCUT2D eigenvalue weighted by atomic mass is 10.0. The predicted molar refractivity (Wildman–Crippen MR) is 75.5 cm³/mol. The highest BCUT2D eigenvalue weighted by Gasteiger charge is 2.20. The number of hydrogen-bond donors (Lipinski definition) is 1. The van der Waals surface area contributed by atoms with Gasteiger partial charge in [0.05, 0.1) is 18.7 Å². The average molecular weight is 276 g/mol. The first kappa shape index (κ1) is 15.8. The summed E-state index contributed by atoms with van der Waals surface area (Å²) in [7, 11) is 1.50. The monoisotopic (exact) mass is 276 g/mol. The van der Waals surface area contributed by atoms with Crippen LogP contribution in [0.4, 0.5) is 4.79 Å². The Morgan fingerprint density at radius 2 is 2.05 bits per heavy atom. The van der Waals surface area contributed by atoms with Crippen LogP contribution in [0.2, 0.25) is 0 Å². The van der Waals surface area contributed by atoms with Crippen molar-refractivity contribution < 1.29 is 14.3 Å². The highest BCUT2D eigenvalue weighted by Crippen LogP contribution is 2.28. The molecule has 1 rings (SSSR count). The number of nitriles is 1. The number of carbonyl (C=O) groups excluding carboxylic acids is 1. The van der Waals surface area contributed by atoms with Crippen molar-refractivity contribution >= 4 is 6.09 Å². The number of amides is 1. The second kappa shape index (κ2) is 6.29. The van der Waals surface area contributed by atoms with Gasteiger partial charge in [0.25, 0.3) is 0 Å². The van der Waals surface area contributed by atoms with E-state index in [-0.39, 0.29) is 6.04 Å². The molecule has 0 spiro atoms. The van der Waals surface area contributed by atoms with E-state index in [0.29, 0.717) is 11.3 Å². The summed E-state index contributed by atoms with van der Waals surface area (Å²) in [5, 5.41) is 11.8. The highest BCUT2D eigenvalue weighted by molar-refractivity contribution is 5.68. The molecule has 0 aliphatic rings. The molecule has 0 aromatic heterocycles. The van der Waals surface area contributed by atoms with E-state index in [4.69, 9.17) is 14.7 Å². The van der Waals surface area contributed by atoms with Crippen molar-refractivity contribution in [1.29, 1.82) is 5.26 Å². The Balaban J connectivity index is 2.91. The van der Waals surface area contributed by atoms with Gasteiger partial charge < -0.3 is 14.8 Å². The molecule has 0 bridgehead atoms. The molecule has 20 heavy (non-hydrogen) atoms. The molecule has 1 N–H and O–H groups in total. The third-order valence-corrected chi connectivity index (χ3v) is 2.57. The molecular weight excluding hydrogens is 256 g/mol. The number of ether oxygens (including phenoxy) is 2. The second-order valence-electron chi connectivity index (χ2n) is 5.41. The lowest BCUT2D eigenvalue weighted by Gasteiger charge is -2.23. The first-order valence-electron chi connectivity index (χ1n) is 6.35. The van der Waals surface area contributed by atoms with Crippen LogP contribution < -0.4 is 10.1 Å². The molecule has 5 heteroatoms. The number of rotatable bonds is 3. The Bertz CT molecular complexity index is 527. The van der Waals surface area contributed by atoms with Crippen molar-refractivity contribution in [3.05, 3.63) is 29.3 Å². The van der Waals surface area contributed by atoms with Crippen molar-refractivity contribution in [2.45, 2.75) is 39.3 Å². The maximum atomic E-state index is 11.8. The van der Waals surface area contributed by atoms with Gasteiger partial charge in [-0.2, -0.15) is 5.26 Å². The van der Waals surface area contributed by atoms with Crippen molar-refractivity contribution in [2.75, 3.05) is 7.11 Å². The van der Waals surface area contributed by atoms with Crippen LogP contribution in [0.5, 0.6) is 5.75 Å². The average Bonchev–Trinajstić information content (AvgIpc) is 2.35. The quantitative estimate of drug-likeness (QED) is 0.920. The molecule has 108 valence electrons. The minimum absolute atomic E-state index is 0.326. The summed E-state index contributed by atoms with van der Waals surface area (Å²) >= 11 is 0. The van der Waals surface area contributed by atoms with Crippen LogP contribution in [-0.2, 0) is 4.74 Å². The SMILES string of the molecule is COc1c(C#N)cccc1C(C)NC(=O)OC(C)(C)C. The fraction of sp³-hybridized carbons (Fsp3) is 0.467. The Labute approximate surface area is 119 Å². The maximum Gasteiger partial charge on any atom is 0.408 e. The molecule has 0 radical (unpaired) electrons. The number of alkyl carbamates (subject to hydrolysis) is 1. The van der Waals surface area contributed by atoms with Gasteiger partial charge in [0.1, 0.15) is 17.4 Å². The minimum Gasteiger partial charge on any atom is -0.495 e. The molecule has 0 saturated carbocycles. The number of nitrogens with zero attached hydrogens (tertiary/aromatic N) is 1. The fourth-order valence-corrected chi connectivity index (χ4v) is 1.77. The summed E-state index contributed by atoms with van der Waals surface area (Å²) in [4.78, 5) is 11.8. The van der Waals surface area contributed by atoms with E-state index in [1.54, 1.807) is 32.9 Å². The fourth-order valence-electron chi connectivity index (χ4n) is 1.77. The molecule has 1 unspecified atom stereocenters. The van der Waals surface area contributed by atoms with Crippen LogP contribution >= 0.6 is 0 Å². The second-order valence-corrected chi connectivity index (χ2v) is 5.41. The summed E-state index contributed by atoms with van der Waals surface area (Å²) < 4.78 is 10.5. The van der Waals surface area contributed by atoms with Gasteiger partial charge in [-0.3, -0.25) is 0 Å². The van der Waals surface area contributed by atoms with E-state index in [1.807, 2.05) is 13.0 Å². The van der Waals surface area contributed by atoms with Crippen LogP contribution in [0, 0.1) is 11.3 Å². The van der Waals surface area contributed by atoms with Crippen LogP contribution in [0.1, 0.15) is 44.9 Å². The van der Waals surface area contributed by atoms with E-state index in [0.717, 1.165) is 5.56 Å². The standard InChI is InChI=1S/C15H20N2O3/c1-10(17-14(18)20-15(2,3)4)12-8-6-7-11(9-16)13(12)19-5/h6-8,10H,1-5H3,(H,17,18). The van der Waals surface area contributed by atoms with Crippen LogP contribution in [0.3, 0.4) is 0 Å². The van der Waals surface area contributed by atoms with E-state index >= 15 is 0 Å². The molecule has 0 aliphatic carbocycles. The zero-order valence-corrected chi connectivity index (χ0v) is 12.5. The van der Waals surface area contributed by atoms with Crippen molar-refractivity contribution in [2.24, 2.45) is 0 Å². The van der Waals surface area contributed by atoms with E-state index in [1.165, 1.54) is 7.11 Å². The van der Waals surface area contributed by atoms with Crippen molar-refractivity contribution in [3.63, 3.8) is 0 Å². The Morgan fingerprint density at radius 3 is 2.55 bits per heavy atom. The molecule has 0 fully saturated rings. The van der Waals surface area contributed by atoms with E-state index < -0.39 is 11.7 Å². The van der Waals surface area contributed by atoms with Gasteiger partial charge in [-0.05, 0) is 33.8 Å².